The Hall–Kier alpha value is -2.37. The van der Waals surface area contributed by atoms with Crippen molar-refractivity contribution in [1.29, 1.82) is 0 Å². The van der Waals surface area contributed by atoms with Crippen LogP contribution in [0.1, 0.15) is 0 Å². The van der Waals surface area contributed by atoms with E-state index in [1.165, 1.54) is 20.4 Å². The number of nitrogens with one attached hydrogen (secondary N) is 1. The van der Waals surface area contributed by atoms with Crippen LogP contribution in [0.25, 0.3) is 0 Å². The number of nitrogens with zero attached hydrogens (tertiary/aromatic N) is 1. The molecule has 0 aliphatic rings. The Balaban J connectivity index is 2.84. The zero-order chi connectivity index (χ0) is 12.7. The van der Waals surface area contributed by atoms with Gasteiger partial charge in [-0.3, -0.25) is 4.98 Å². The zero-order valence-electron chi connectivity index (χ0n) is 9.47. The summed E-state index contributed by atoms with van der Waals surface area (Å²) in [5, 5.41) is 2.75. The van der Waals surface area contributed by atoms with Crippen molar-refractivity contribution in [2.75, 3.05) is 19.5 Å². The lowest BCUT2D eigenvalue weighted by atomic mass is 10.3. The second kappa shape index (κ2) is 6.26. The van der Waals surface area contributed by atoms with E-state index in [1.54, 1.807) is 24.5 Å². The van der Waals surface area contributed by atoms with Gasteiger partial charge in [0.15, 0.2) is 5.57 Å². The van der Waals surface area contributed by atoms with Crippen LogP contribution >= 0.6 is 0 Å². The highest BCUT2D eigenvalue weighted by atomic mass is 16.5. The molecule has 6 heteroatoms. The van der Waals surface area contributed by atoms with Crippen molar-refractivity contribution in [1.82, 2.24) is 4.98 Å². The number of carbonyl (C=O) groups excluding carboxylic acids is 2. The summed E-state index contributed by atoms with van der Waals surface area (Å²) in [6.07, 6.45) is 4.37. The quantitative estimate of drug-likeness (QED) is 0.359. The Morgan fingerprint density at radius 2 is 1.94 bits per heavy atom. The number of anilines is 1. The van der Waals surface area contributed by atoms with Gasteiger partial charge in [0.1, 0.15) is 0 Å². The fourth-order valence-corrected chi connectivity index (χ4v) is 1.02. The summed E-state index contributed by atoms with van der Waals surface area (Å²) in [6, 6.07) is 3.45. The molecule has 1 N–H and O–H groups in total. The van der Waals surface area contributed by atoms with Crippen molar-refractivity contribution in [2.45, 2.75) is 0 Å². The summed E-state index contributed by atoms with van der Waals surface area (Å²) in [6.45, 7) is 0. The minimum atomic E-state index is -0.770. The predicted molar refractivity (Wildman–Crippen MR) is 60.0 cm³/mol. The van der Waals surface area contributed by atoms with Gasteiger partial charge in [0.05, 0.1) is 26.1 Å². The number of carbonyl (C=O) groups is 2. The maximum Gasteiger partial charge on any atom is 0.346 e. The molecule has 1 rings (SSSR count). The molecule has 1 aromatic rings. The van der Waals surface area contributed by atoms with Gasteiger partial charge in [-0.2, -0.15) is 0 Å². The second-order valence-electron chi connectivity index (χ2n) is 2.93. The Bertz CT molecular complexity index is 410. The van der Waals surface area contributed by atoms with Crippen LogP contribution in [-0.2, 0) is 19.1 Å². The van der Waals surface area contributed by atoms with Gasteiger partial charge in [-0.05, 0) is 12.1 Å². The lowest BCUT2D eigenvalue weighted by molar-refractivity contribution is -0.144. The van der Waals surface area contributed by atoms with E-state index in [0.29, 0.717) is 5.69 Å². The molecule has 0 fully saturated rings. The first-order chi connectivity index (χ1) is 8.19. The lowest BCUT2D eigenvalue weighted by Gasteiger charge is -2.04. The number of pyridine rings is 1. The maximum atomic E-state index is 11.3. The molecule has 0 atom stereocenters. The summed E-state index contributed by atoms with van der Waals surface area (Å²) in [5.41, 5.74) is 0.414. The highest BCUT2D eigenvalue weighted by Crippen LogP contribution is 2.06. The number of rotatable bonds is 4. The molecule has 6 nitrogen and oxygen atoms in total. The van der Waals surface area contributed by atoms with Gasteiger partial charge in [0, 0.05) is 12.4 Å². The number of ether oxygens (including phenoxy) is 2. The van der Waals surface area contributed by atoms with E-state index in [2.05, 4.69) is 19.8 Å². The number of hydrogen-bond acceptors (Lipinski definition) is 6. The van der Waals surface area contributed by atoms with E-state index in [4.69, 9.17) is 0 Å². The second-order valence-corrected chi connectivity index (χ2v) is 2.93. The molecule has 0 bridgehead atoms. The summed E-state index contributed by atoms with van der Waals surface area (Å²) < 4.78 is 8.92. The van der Waals surface area contributed by atoms with Crippen LogP contribution in [0, 0.1) is 0 Å². The van der Waals surface area contributed by atoms with Gasteiger partial charge in [-0.25, -0.2) is 9.59 Å². The summed E-state index contributed by atoms with van der Waals surface area (Å²) >= 11 is 0. The lowest BCUT2D eigenvalue weighted by Crippen LogP contribution is -2.17. The molecule has 0 amide bonds. The van der Waals surface area contributed by atoms with Crippen LogP contribution in [0.4, 0.5) is 5.69 Å². The summed E-state index contributed by atoms with van der Waals surface area (Å²) in [4.78, 5) is 26.4. The first-order valence-corrected chi connectivity index (χ1v) is 4.72. The average Bonchev–Trinajstić information content (AvgIpc) is 2.39. The smallest absolute Gasteiger partial charge is 0.346 e. The number of methoxy groups -OCH3 is 2. The van der Waals surface area contributed by atoms with Gasteiger partial charge >= 0.3 is 11.9 Å². The molecular formula is C11H12N2O4. The van der Waals surface area contributed by atoms with E-state index >= 15 is 0 Å². The summed E-state index contributed by atoms with van der Waals surface area (Å²) in [7, 11) is 2.37. The maximum absolute atomic E-state index is 11.3. The molecule has 1 aromatic heterocycles. The Morgan fingerprint density at radius 3 is 2.41 bits per heavy atom. The zero-order valence-corrected chi connectivity index (χ0v) is 9.47. The molecule has 0 saturated heterocycles. The van der Waals surface area contributed by atoms with Crippen molar-refractivity contribution in [3.63, 3.8) is 0 Å². The molecule has 90 valence electrons. The minimum Gasteiger partial charge on any atom is -0.465 e. The van der Waals surface area contributed by atoms with Crippen LogP contribution in [0.15, 0.2) is 36.3 Å². The third-order valence-corrected chi connectivity index (χ3v) is 1.86. The van der Waals surface area contributed by atoms with E-state index in [9.17, 15) is 9.59 Å². The topological polar surface area (TPSA) is 77.5 Å². The van der Waals surface area contributed by atoms with Crippen LogP contribution in [0.2, 0.25) is 0 Å². The van der Waals surface area contributed by atoms with Crippen molar-refractivity contribution >= 4 is 17.6 Å². The van der Waals surface area contributed by atoms with E-state index in [-0.39, 0.29) is 5.57 Å². The molecule has 17 heavy (non-hydrogen) atoms. The van der Waals surface area contributed by atoms with Crippen LogP contribution in [0.3, 0.4) is 0 Å². The Kier molecular flexibility index (Phi) is 4.68. The third kappa shape index (κ3) is 3.60. The molecule has 0 unspecified atom stereocenters. The van der Waals surface area contributed by atoms with Crippen LogP contribution in [-0.4, -0.2) is 31.1 Å². The van der Waals surface area contributed by atoms with Gasteiger partial charge < -0.3 is 14.8 Å². The van der Waals surface area contributed by atoms with Crippen LogP contribution in [0.5, 0.6) is 0 Å². The van der Waals surface area contributed by atoms with E-state index in [1.807, 2.05) is 0 Å². The first kappa shape index (κ1) is 12.7. The van der Waals surface area contributed by atoms with E-state index in [0.717, 1.165) is 0 Å². The molecule has 0 spiro atoms. The Morgan fingerprint density at radius 1 is 1.29 bits per heavy atom. The molecule has 0 aliphatic carbocycles. The first-order valence-electron chi connectivity index (χ1n) is 4.72. The highest BCUT2D eigenvalue weighted by Gasteiger charge is 2.19. The molecule has 1 heterocycles. The fraction of sp³-hybridized carbons (Fsp3) is 0.182. The number of aromatic nitrogens is 1. The SMILES string of the molecule is COC(=O)C(=CNc1cccnc1)C(=O)OC. The summed E-state index contributed by atoms with van der Waals surface area (Å²) in [5.74, 6) is -1.54. The normalized spacial score (nSPS) is 9.06. The van der Waals surface area contributed by atoms with Crippen molar-refractivity contribution in [3.8, 4) is 0 Å². The van der Waals surface area contributed by atoms with Crippen molar-refractivity contribution < 1.29 is 19.1 Å². The molecule has 0 saturated carbocycles. The van der Waals surface area contributed by atoms with Crippen molar-refractivity contribution in [2.24, 2.45) is 0 Å². The van der Waals surface area contributed by atoms with Gasteiger partial charge in [0.2, 0.25) is 0 Å². The van der Waals surface area contributed by atoms with Gasteiger partial charge in [-0.1, -0.05) is 0 Å². The fourth-order valence-electron chi connectivity index (χ4n) is 1.02. The molecule has 0 aliphatic heterocycles. The van der Waals surface area contributed by atoms with E-state index < -0.39 is 11.9 Å². The largest absolute Gasteiger partial charge is 0.465 e. The van der Waals surface area contributed by atoms with Gasteiger partial charge in [0.25, 0.3) is 0 Å². The third-order valence-electron chi connectivity index (χ3n) is 1.86. The minimum absolute atomic E-state index is 0.223. The van der Waals surface area contributed by atoms with Gasteiger partial charge in [-0.15, -0.1) is 0 Å². The highest BCUT2D eigenvalue weighted by molar-refractivity contribution is 6.14. The number of hydrogen-bond donors (Lipinski definition) is 1. The molecule has 0 radical (unpaired) electrons. The molecular weight excluding hydrogens is 224 g/mol. The predicted octanol–water partition coefficient (Wildman–Crippen LogP) is 0.723. The Labute approximate surface area is 98.3 Å². The average molecular weight is 236 g/mol. The van der Waals surface area contributed by atoms with Crippen LogP contribution < -0.4 is 5.32 Å². The molecule has 0 aromatic carbocycles. The standard InChI is InChI=1S/C11H12N2O4/c1-16-10(14)9(11(15)17-2)7-13-8-4-3-5-12-6-8/h3-7,13H,1-2H3. The van der Waals surface area contributed by atoms with Crippen molar-refractivity contribution in [3.05, 3.63) is 36.3 Å². The number of esters is 2. The monoisotopic (exact) mass is 236 g/mol.